The highest BCUT2D eigenvalue weighted by Gasteiger charge is 2.17. The minimum Gasteiger partial charge on any atom is -0.380 e. The van der Waals surface area contributed by atoms with Gasteiger partial charge in [0.15, 0.2) is 5.82 Å². The van der Waals surface area contributed by atoms with Crippen LogP contribution in [0.15, 0.2) is 59.4 Å². The monoisotopic (exact) mass is 352 g/mol. The van der Waals surface area contributed by atoms with E-state index in [4.69, 9.17) is 0 Å². The van der Waals surface area contributed by atoms with E-state index in [9.17, 15) is 9.50 Å². The van der Waals surface area contributed by atoms with Crippen molar-refractivity contribution < 1.29 is 9.50 Å². The fourth-order valence-corrected chi connectivity index (χ4v) is 2.99. The van der Waals surface area contributed by atoms with E-state index in [-0.39, 0.29) is 11.6 Å². The third kappa shape index (κ3) is 3.19. The van der Waals surface area contributed by atoms with E-state index in [0.29, 0.717) is 22.7 Å². The number of aliphatic hydroxyl groups is 1. The van der Waals surface area contributed by atoms with Gasteiger partial charge in [-0.25, -0.2) is 19.3 Å². The molecule has 2 N–H and O–H groups in total. The van der Waals surface area contributed by atoms with E-state index in [2.05, 4.69) is 20.3 Å². The lowest BCUT2D eigenvalue weighted by molar-refractivity contribution is 0.210. The van der Waals surface area contributed by atoms with Crippen molar-refractivity contribution >= 4 is 33.9 Å². The molecule has 0 radical (unpaired) electrons. The van der Waals surface area contributed by atoms with Crippen molar-refractivity contribution in [1.82, 2.24) is 15.0 Å². The topological polar surface area (TPSA) is 70.9 Å². The first kappa shape index (κ1) is 15.6. The number of benzene rings is 2. The number of rotatable bonds is 4. The molecule has 0 aliphatic rings. The molecular formula is C18H13FN4OS. The Morgan fingerprint density at radius 2 is 1.84 bits per heavy atom. The second-order valence-corrected chi connectivity index (χ2v) is 6.12. The summed E-state index contributed by atoms with van der Waals surface area (Å²) in [4.78, 5) is 13.1. The summed E-state index contributed by atoms with van der Waals surface area (Å²) in [5.41, 5.74) is 2.95. The lowest BCUT2D eigenvalue weighted by Crippen LogP contribution is -2.08. The first-order valence-corrected chi connectivity index (χ1v) is 8.50. The van der Waals surface area contributed by atoms with E-state index in [0.717, 1.165) is 5.39 Å². The number of hydrogen-bond donors (Lipinski definition) is 2. The second-order valence-electron chi connectivity index (χ2n) is 5.40. The van der Waals surface area contributed by atoms with Gasteiger partial charge in [0.25, 0.3) is 0 Å². The van der Waals surface area contributed by atoms with Crippen molar-refractivity contribution in [2.24, 2.45) is 0 Å². The fraction of sp³-hybridized carbons (Fsp3) is 0.0556. The van der Waals surface area contributed by atoms with Gasteiger partial charge in [-0.05, 0) is 29.8 Å². The molecule has 1 atom stereocenters. The van der Waals surface area contributed by atoms with Crippen LogP contribution in [0, 0.1) is 5.82 Å². The number of nitrogens with zero attached hydrogens (tertiary/aromatic N) is 3. The molecule has 2 heterocycles. The van der Waals surface area contributed by atoms with Crippen LogP contribution in [-0.4, -0.2) is 20.1 Å². The van der Waals surface area contributed by atoms with Crippen molar-refractivity contribution in [3.05, 3.63) is 76.6 Å². The fourth-order valence-electron chi connectivity index (χ4n) is 2.50. The van der Waals surface area contributed by atoms with Crippen molar-refractivity contribution in [1.29, 1.82) is 0 Å². The normalized spacial score (nSPS) is 12.2. The molecule has 2 aromatic carbocycles. The molecule has 0 spiro atoms. The highest BCUT2D eigenvalue weighted by Crippen LogP contribution is 2.27. The highest BCUT2D eigenvalue weighted by atomic mass is 32.1. The summed E-state index contributed by atoms with van der Waals surface area (Å²) in [6.07, 6.45) is -1.05. The Labute approximate surface area is 146 Å². The molecule has 2 aromatic heterocycles. The molecular weight excluding hydrogens is 339 g/mol. The summed E-state index contributed by atoms with van der Waals surface area (Å²) in [6.45, 7) is 0. The van der Waals surface area contributed by atoms with Crippen molar-refractivity contribution in [2.75, 3.05) is 5.32 Å². The summed E-state index contributed by atoms with van der Waals surface area (Å²) < 4.78 is 13.1. The van der Waals surface area contributed by atoms with E-state index in [1.54, 1.807) is 5.51 Å². The molecule has 4 aromatic rings. The van der Waals surface area contributed by atoms with Gasteiger partial charge >= 0.3 is 0 Å². The SMILES string of the molecule is O[C@@H](c1ccc(F)cc1)c1nc(Nc2cscn2)c2ccccc2n1. The van der Waals surface area contributed by atoms with Gasteiger partial charge < -0.3 is 10.4 Å². The van der Waals surface area contributed by atoms with Gasteiger partial charge in [0.2, 0.25) is 0 Å². The molecule has 5 nitrogen and oxygen atoms in total. The van der Waals surface area contributed by atoms with E-state index in [1.807, 2.05) is 29.6 Å². The summed E-state index contributed by atoms with van der Waals surface area (Å²) in [5, 5.41) is 16.5. The maximum atomic E-state index is 13.1. The van der Waals surface area contributed by atoms with Gasteiger partial charge in [-0.2, -0.15) is 0 Å². The van der Waals surface area contributed by atoms with Crippen LogP contribution in [0.2, 0.25) is 0 Å². The molecule has 0 unspecified atom stereocenters. The number of aliphatic hydroxyl groups excluding tert-OH is 1. The molecule has 4 rings (SSSR count). The number of aromatic nitrogens is 3. The van der Waals surface area contributed by atoms with Gasteiger partial charge in [-0.1, -0.05) is 24.3 Å². The van der Waals surface area contributed by atoms with Gasteiger partial charge in [-0.3, -0.25) is 0 Å². The zero-order valence-electron chi connectivity index (χ0n) is 12.9. The molecule has 0 saturated heterocycles. The molecule has 124 valence electrons. The molecule has 0 aliphatic heterocycles. The first-order chi connectivity index (χ1) is 12.2. The van der Waals surface area contributed by atoms with Gasteiger partial charge in [0.05, 0.1) is 11.0 Å². The van der Waals surface area contributed by atoms with Crippen LogP contribution >= 0.6 is 11.3 Å². The zero-order valence-corrected chi connectivity index (χ0v) is 13.7. The number of halogens is 1. The molecule has 0 bridgehead atoms. The standard InChI is InChI=1S/C18H13FN4OS/c19-12-7-5-11(6-8-12)16(24)18-21-14-4-2-1-3-13(14)17(23-18)22-15-9-25-10-20-15/h1-10,16,24H,(H,21,22,23)/t16-/m0/s1. The van der Waals surface area contributed by atoms with Crippen LogP contribution in [0.4, 0.5) is 16.0 Å². The molecule has 7 heteroatoms. The summed E-state index contributed by atoms with van der Waals surface area (Å²) in [5.74, 6) is 1.12. The van der Waals surface area contributed by atoms with Crippen molar-refractivity contribution in [2.45, 2.75) is 6.10 Å². The summed E-state index contributed by atoms with van der Waals surface area (Å²) in [6, 6.07) is 13.2. The second kappa shape index (κ2) is 6.54. The molecule has 0 aliphatic carbocycles. The van der Waals surface area contributed by atoms with E-state index in [1.165, 1.54) is 35.6 Å². The Kier molecular flexibility index (Phi) is 4.09. The predicted octanol–water partition coefficient (Wildman–Crippen LogP) is 4.05. The van der Waals surface area contributed by atoms with Crippen LogP contribution < -0.4 is 5.32 Å². The van der Waals surface area contributed by atoms with E-state index < -0.39 is 6.10 Å². The Balaban J connectivity index is 1.80. The third-order valence-electron chi connectivity index (χ3n) is 3.73. The van der Waals surface area contributed by atoms with Crippen LogP contribution in [0.1, 0.15) is 17.5 Å². The lowest BCUT2D eigenvalue weighted by atomic mass is 10.1. The third-order valence-corrected chi connectivity index (χ3v) is 4.32. The number of anilines is 2. The van der Waals surface area contributed by atoms with Crippen LogP contribution in [-0.2, 0) is 0 Å². The average molecular weight is 352 g/mol. The quantitative estimate of drug-likeness (QED) is 0.580. The minimum absolute atomic E-state index is 0.239. The first-order valence-electron chi connectivity index (χ1n) is 7.56. The molecule has 25 heavy (non-hydrogen) atoms. The van der Waals surface area contributed by atoms with Crippen LogP contribution in [0.5, 0.6) is 0 Å². The Morgan fingerprint density at radius 1 is 1.04 bits per heavy atom. The molecule has 0 fully saturated rings. The maximum absolute atomic E-state index is 13.1. The Morgan fingerprint density at radius 3 is 2.60 bits per heavy atom. The van der Waals surface area contributed by atoms with Crippen molar-refractivity contribution in [3.63, 3.8) is 0 Å². The number of fused-ring (bicyclic) bond motifs is 1. The van der Waals surface area contributed by atoms with Crippen LogP contribution in [0.3, 0.4) is 0 Å². The number of hydrogen-bond acceptors (Lipinski definition) is 6. The minimum atomic E-state index is -1.05. The number of para-hydroxylation sites is 1. The molecule has 0 saturated carbocycles. The molecule has 0 amide bonds. The van der Waals surface area contributed by atoms with Crippen LogP contribution in [0.25, 0.3) is 10.9 Å². The maximum Gasteiger partial charge on any atom is 0.164 e. The Bertz CT molecular complexity index is 1010. The predicted molar refractivity (Wildman–Crippen MR) is 95.4 cm³/mol. The summed E-state index contributed by atoms with van der Waals surface area (Å²) >= 11 is 1.47. The van der Waals surface area contributed by atoms with Gasteiger partial charge in [0.1, 0.15) is 23.6 Å². The smallest absolute Gasteiger partial charge is 0.164 e. The number of thiazole rings is 1. The zero-order chi connectivity index (χ0) is 17.2. The number of nitrogens with one attached hydrogen (secondary N) is 1. The summed E-state index contributed by atoms with van der Waals surface area (Å²) in [7, 11) is 0. The lowest BCUT2D eigenvalue weighted by Gasteiger charge is -2.13. The van der Waals surface area contributed by atoms with E-state index >= 15 is 0 Å². The average Bonchev–Trinajstić information content (AvgIpc) is 3.15. The highest BCUT2D eigenvalue weighted by molar-refractivity contribution is 7.07. The van der Waals surface area contributed by atoms with Gasteiger partial charge in [0, 0.05) is 10.8 Å². The Hall–Kier alpha value is -2.90. The van der Waals surface area contributed by atoms with Crippen molar-refractivity contribution in [3.8, 4) is 0 Å². The largest absolute Gasteiger partial charge is 0.380 e. The van der Waals surface area contributed by atoms with Gasteiger partial charge in [-0.15, -0.1) is 11.3 Å².